The third-order valence-electron chi connectivity index (χ3n) is 3.93. The van der Waals surface area contributed by atoms with Crippen molar-refractivity contribution in [2.75, 3.05) is 15.5 Å². The van der Waals surface area contributed by atoms with Gasteiger partial charge in [0.1, 0.15) is 0 Å². The Kier molecular flexibility index (Phi) is 4.93. The summed E-state index contributed by atoms with van der Waals surface area (Å²) in [6.45, 7) is 1.68. The first-order chi connectivity index (χ1) is 12.7. The summed E-state index contributed by atoms with van der Waals surface area (Å²) < 4.78 is 41.7. The summed E-state index contributed by atoms with van der Waals surface area (Å²) >= 11 is 0. The zero-order valence-corrected chi connectivity index (χ0v) is 14.2. The van der Waals surface area contributed by atoms with E-state index in [0.717, 1.165) is 6.07 Å². The van der Waals surface area contributed by atoms with Gasteiger partial charge in [-0.15, -0.1) is 13.2 Å². The van der Waals surface area contributed by atoms with Gasteiger partial charge >= 0.3 is 12.4 Å². The number of carbonyl (C=O) groups excluding carboxylic acids is 2. The molecule has 1 unspecified atom stereocenters. The van der Waals surface area contributed by atoms with Crippen molar-refractivity contribution < 1.29 is 27.5 Å². The van der Waals surface area contributed by atoms with Crippen molar-refractivity contribution in [3.05, 3.63) is 48.5 Å². The zero-order valence-electron chi connectivity index (χ0n) is 14.2. The molecule has 0 aromatic heterocycles. The maximum Gasteiger partial charge on any atom is 0.573 e. The lowest BCUT2D eigenvalue weighted by molar-refractivity contribution is -0.274. The van der Waals surface area contributed by atoms with Crippen LogP contribution in [0, 0.1) is 0 Å². The van der Waals surface area contributed by atoms with Crippen molar-refractivity contribution >= 4 is 29.0 Å². The second-order valence-electron chi connectivity index (χ2n) is 5.96. The number of halogens is 3. The van der Waals surface area contributed by atoms with E-state index in [1.54, 1.807) is 31.2 Å². The number of benzene rings is 2. The average Bonchev–Trinajstić information content (AvgIpc) is 2.69. The topological polar surface area (TPSA) is 70.7 Å². The molecular weight excluding hydrogens is 363 g/mol. The second-order valence-corrected chi connectivity index (χ2v) is 5.96. The minimum absolute atomic E-state index is 0.0444. The van der Waals surface area contributed by atoms with Crippen LogP contribution >= 0.6 is 0 Å². The second kappa shape index (κ2) is 7.18. The number of ether oxygens (including phenoxy) is 1. The molecule has 9 heteroatoms. The molecule has 3 rings (SSSR count). The predicted molar refractivity (Wildman–Crippen MR) is 93.8 cm³/mol. The Hall–Kier alpha value is -3.23. The molecule has 0 saturated heterocycles. The largest absolute Gasteiger partial charge is 0.573 e. The third kappa shape index (κ3) is 4.30. The monoisotopic (exact) mass is 379 g/mol. The number of para-hydroxylation sites is 4. The number of hydrogen-bond donors (Lipinski definition) is 2. The molecule has 2 aromatic rings. The van der Waals surface area contributed by atoms with Crippen LogP contribution in [0.25, 0.3) is 0 Å². The zero-order chi connectivity index (χ0) is 19.6. The van der Waals surface area contributed by atoms with Gasteiger partial charge in [-0.2, -0.15) is 0 Å². The number of nitrogens with one attached hydrogen (secondary N) is 2. The van der Waals surface area contributed by atoms with Gasteiger partial charge in [-0.25, -0.2) is 4.79 Å². The maximum absolute atomic E-state index is 12.9. The van der Waals surface area contributed by atoms with E-state index in [-0.39, 0.29) is 18.0 Å². The summed E-state index contributed by atoms with van der Waals surface area (Å²) in [7, 11) is 0. The van der Waals surface area contributed by atoms with E-state index in [1.165, 1.54) is 23.1 Å². The number of anilines is 3. The van der Waals surface area contributed by atoms with Crippen molar-refractivity contribution in [1.29, 1.82) is 0 Å². The van der Waals surface area contributed by atoms with Gasteiger partial charge in [-0.3, -0.25) is 9.69 Å². The number of urea groups is 1. The molecule has 0 aliphatic carbocycles. The number of nitrogens with zero attached hydrogens (tertiary/aromatic N) is 1. The van der Waals surface area contributed by atoms with Crippen molar-refractivity contribution in [3.8, 4) is 5.75 Å². The van der Waals surface area contributed by atoms with Gasteiger partial charge in [0.2, 0.25) is 5.91 Å². The van der Waals surface area contributed by atoms with Gasteiger partial charge < -0.3 is 15.4 Å². The summed E-state index contributed by atoms with van der Waals surface area (Å²) in [4.78, 5) is 26.2. The average molecular weight is 379 g/mol. The quantitative estimate of drug-likeness (QED) is 0.815. The van der Waals surface area contributed by atoms with Crippen LogP contribution in [0.5, 0.6) is 5.75 Å². The summed E-state index contributed by atoms with van der Waals surface area (Å²) in [6, 6.07) is 10.8. The summed E-state index contributed by atoms with van der Waals surface area (Å²) in [5, 5.41) is 5.15. The normalized spacial score (nSPS) is 16.8. The molecule has 0 radical (unpaired) electrons. The number of alkyl halides is 3. The van der Waals surface area contributed by atoms with Gasteiger partial charge in [-0.1, -0.05) is 24.3 Å². The summed E-state index contributed by atoms with van der Waals surface area (Å²) in [6.07, 6.45) is -4.84. The van der Waals surface area contributed by atoms with Crippen LogP contribution in [0.2, 0.25) is 0 Å². The fourth-order valence-corrected chi connectivity index (χ4v) is 2.86. The van der Waals surface area contributed by atoms with Crippen molar-refractivity contribution in [2.45, 2.75) is 25.7 Å². The first kappa shape index (κ1) is 18.6. The van der Waals surface area contributed by atoms with Crippen LogP contribution in [0.3, 0.4) is 0 Å². The Morgan fingerprint density at radius 2 is 1.85 bits per heavy atom. The van der Waals surface area contributed by atoms with E-state index >= 15 is 0 Å². The van der Waals surface area contributed by atoms with Crippen molar-refractivity contribution in [3.63, 3.8) is 0 Å². The molecule has 0 saturated carbocycles. The van der Waals surface area contributed by atoms with Gasteiger partial charge in [0, 0.05) is 12.5 Å². The van der Waals surface area contributed by atoms with Crippen LogP contribution in [0.4, 0.5) is 35.0 Å². The Morgan fingerprint density at radius 3 is 2.59 bits per heavy atom. The number of fused-ring (bicyclic) bond motifs is 1. The maximum atomic E-state index is 12.9. The number of amides is 3. The van der Waals surface area contributed by atoms with E-state index in [0.29, 0.717) is 11.4 Å². The van der Waals surface area contributed by atoms with Crippen LogP contribution in [-0.2, 0) is 4.79 Å². The highest BCUT2D eigenvalue weighted by Gasteiger charge is 2.33. The molecule has 27 heavy (non-hydrogen) atoms. The molecule has 3 amide bonds. The lowest BCUT2D eigenvalue weighted by Crippen LogP contribution is -2.42. The Bertz CT molecular complexity index is 870. The molecule has 0 fully saturated rings. The Labute approximate surface area is 152 Å². The van der Waals surface area contributed by atoms with E-state index in [9.17, 15) is 22.8 Å². The van der Waals surface area contributed by atoms with E-state index in [4.69, 9.17) is 0 Å². The van der Waals surface area contributed by atoms with Crippen LogP contribution in [0.15, 0.2) is 48.5 Å². The molecule has 142 valence electrons. The summed E-state index contributed by atoms with van der Waals surface area (Å²) in [5.74, 6) is -0.783. The van der Waals surface area contributed by atoms with E-state index < -0.39 is 24.2 Å². The molecule has 1 atom stereocenters. The minimum Gasteiger partial charge on any atom is -0.404 e. The highest BCUT2D eigenvalue weighted by molar-refractivity contribution is 6.08. The van der Waals surface area contributed by atoms with Crippen LogP contribution in [-0.4, -0.2) is 24.3 Å². The first-order valence-corrected chi connectivity index (χ1v) is 8.08. The summed E-state index contributed by atoms with van der Waals surface area (Å²) in [5.41, 5.74) is 0.762. The number of hydrogen-bond acceptors (Lipinski definition) is 3. The SMILES string of the molecule is CC1CC(=O)Nc2ccccc2N1C(=O)Nc1ccccc1OC(F)(F)F. The van der Waals surface area contributed by atoms with Crippen molar-refractivity contribution in [1.82, 2.24) is 0 Å². The standard InChI is InChI=1S/C18H16F3N3O3/c1-11-10-16(25)22-12-6-2-4-8-14(12)24(11)17(26)23-13-7-3-5-9-15(13)27-18(19,20)21/h2-9,11H,10H2,1H3,(H,22,25)(H,23,26). The van der Waals surface area contributed by atoms with Gasteiger partial charge in [0.15, 0.2) is 5.75 Å². The highest BCUT2D eigenvalue weighted by atomic mass is 19.4. The molecule has 0 spiro atoms. The molecule has 2 N–H and O–H groups in total. The van der Waals surface area contributed by atoms with Gasteiger partial charge in [-0.05, 0) is 31.2 Å². The molecular formula is C18H16F3N3O3. The fourth-order valence-electron chi connectivity index (χ4n) is 2.86. The lowest BCUT2D eigenvalue weighted by atomic mass is 10.2. The fraction of sp³-hybridized carbons (Fsp3) is 0.222. The Balaban J connectivity index is 1.91. The van der Waals surface area contributed by atoms with Crippen LogP contribution in [0.1, 0.15) is 13.3 Å². The molecule has 1 aliphatic heterocycles. The molecule has 1 aliphatic rings. The third-order valence-corrected chi connectivity index (χ3v) is 3.93. The Morgan fingerprint density at radius 1 is 1.19 bits per heavy atom. The molecule has 6 nitrogen and oxygen atoms in total. The smallest absolute Gasteiger partial charge is 0.404 e. The lowest BCUT2D eigenvalue weighted by Gasteiger charge is -2.28. The molecule has 1 heterocycles. The first-order valence-electron chi connectivity index (χ1n) is 8.08. The van der Waals surface area contributed by atoms with E-state index in [1.807, 2.05) is 0 Å². The minimum atomic E-state index is -4.89. The van der Waals surface area contributed by atoms with Crippen molar-refractivity contribution in [2.24, 2.45) is 0 Å². The highest BCUT2D eigenvalue weighted by Crippen LogP contribution is 2.34. The molecule has 0 bridgehead atoms. The number of carbonyl (C=O) groups is 2. The van der Waals surface area contributed by atoms with Gasteiger partial charge in [0.05, 0.1) is 17.1 Å². The van der Waals surface area contributed by atoms with Crippen LogP contribution < -0.4 is 20.3 Å². The number of rotatable bonds is 2. The van der Waals surface area contributed by atoms with E-state index in [2.05, 4.69) is 15.4 Å². The van der Waals surface area contributed by atoms with Gasteiger partial charge in [0.25, 0.3) is 0 Å². The molecule has 2 aromatic carbocycles. The predicted octanol–water partition coefficient (Wildman–Crippen LogP) is 4.35.